The Hall–Kier alpha value is -2.37. The second-order valence-electron chi connectivity index (χ2n) is 6.14. The highest BCUT2D eigenvalue weighted by Crippen LogP contribution is 2.21. The lowest BCUT2D eigenvalue weighted by molar-refractivity contribution is 0.0858. The summed E-state index contributed by atoms with van der Waals surface area (Å²) in [5.74, 6) is -0.102. The Balaban J connectivity index is 1.55. The first-order chi connectivity index (χ1) is 12.2. The van der Waals surface area contributed by atoms with E-state index < -0.39 is 0 Å². The van der Waals surface area contributed by atoms with Gasteiger partial charge in [0.15, 0.2) is 0 Å². The summed E-state index contributed by atoms with van der Waals surface area (Å²) in [6.45, 7) is 1.33. The van der Waals surface area contributed by atoms with Crippen molar-refractivity contribution >= 4 is 28.5 Å². The van der Waals surface area contributed by atoms with Crippen LogP contribution in [0.4, 0.5) is 0 Å². The maximum atomic E-state index is 12.3. The Morgan fingerprint density at radius 2 is 2.24 bits per heavy atom. The molecule has 1 fully saturated rings. The summed E-state index contributed by atoms with van der Waals surface area (Å²) in [7, 11) is 0. The van der Waals surface area contributed by atoms with Gasteiger partial charge in [-0.3, -0.25) is 9.36 Å². The molecule has 0 radical (unpaired) electrons. The second-order valence-corrected chi connectivity index (χ2v) is 6.58. The number of imidazole rings is 1. The summed E-state index contributed by atoms with van der Waals surface area (Å²) in [5, 5.41) is 3.61. The lowest BCUT2D eigenvalue weighted by atomic mass is 10.1. The van der Waals surface area contributed by atoms with E-state index in [1.165, 1.54) is 0 Å². The van der Waals surface area contributed by atoms with Crippen molar-refractivity contribution in [1.29, 1.82) is 0 Å². The largest absolute Gasteiger partial charge is 0.376 e. The number of rotatable bonds is 4. The van der Waals surface area contributed by atoms with Gasteiger partial charge in [0.25, 0.3) is 5.91 Å². The van der Waals surface area contributed by atoms with E-state index in [1.54, 1.807) is 12.4 Å². The highest BCUT2D eigenvalue weighted by atomic mass is 35.5. The Bertz CT molecular complexity index is 916. The molecule has 1 unspecified atom stereocenters. The van der Waals surface area contributed by atoms with Crippen LogP contribution in [0, 0.1) is 0 Å². The van der Waals surface area contributed by atoms with Crippen molar-refractivity contribution in [2.75, 3.05) is 13.2 Å². The van der Waals surface area contributed by atoms with Crippen molar-refractivity contribution in [2.45, 2.75) is 18.9 Å². The molecule has 1 aliphatic heterocycles. The Labute approximate surface area is 150 Å². The summed E-state index contributed by atoms with van der Waals surface area (Å²) in [4.78, 5) is 16.8. The number of aromatic nitrogens is 2. The molecule has 0 saturated carbocycles. The van der Waals surface area contributed by atoms with Gasteiger partial charge in [-0.1, -0.05) is 17.7 Å². The molecule has 3 aromatic rings. The quantitative estimate of drug-likeness (QED) is 0.778. The lowest BCUT2D eigenvalue weighted by Crippen LogP contribution is -2.31. The van der Waals surface area contributed by atoms with Crippen LogP contribution < -0.4 is 5.32 Å². The van der Waals surface area contributed by atoms with Gasteiger partial charge in [0.1, 0.15) is 6.33 Å². The first kappa shape index (κ1) is 16.1. The van der Waals surface area contributed by atoms with Gasteiger partial charge < -0.3 is 10.1 Å². The van der Waals surface area contributed by atoms with E-state index in [9.17, 15) is 4.79 Å². The van der Waals surface area contributed by atoms with Crippen LogP contribution in [0.3, 0.4) is 0 Å². The van der Waals surface area contributed by atoms with Crippen LogP contribution in [0.2, 0.25) is 5.02 Å². The zero-order valence-corrected chi connectivity index (χ0v) is 14.4. The smallest absolute Gasteiger partial charge is 0.251 e. The van der Waals surface area contributed by atoms with Crippen molar-refractivity contribution in [2.24, 2.45) is 0 Å². The van der Waals surface area contributed by atoms with E-state index >= 15 is 0 Å². The third kappa shape index (κ3) is 3.38. The average Bonchev–Trinajstić information content (AvgIpc) is 3.28. The summed E-state index contributed by atoms with van der Waals surface area (Å²) < 4.78 is 7.48. The number of halogens is 1. The number of ether oxygens (including phenoxy) is 1. The molecule has 0 bridgehead atoms. The minimum absolute atomic E-state index is 0.102. The molecule has 1 amide bonds. The third-order valence-electron chi connectivity index (χ3n) is 4.41. The molecule has 1 N–H and O–H groups in total. The van der Waals surface area contributed by atoms with Gasteiger partial charge in [0, 0.05) is 29.4 Å². The number of hydrogen-bond acceptors (Lipinski definition) is 3. The molecule has 2 aromatic carbocycles. The fourth-order valence-corrected chi connectivity index (χ4v) is 3.28. The summed E-state index contributed by atoms with van der Waals surface area (Å²) in [5.41, 5.74) is 3.23. The van der Waals surface area contributed by atoms with E-state index in [2.05, 4.69) is 10.3 Å². The number of fused-ring (bicyclic) bond motifs is 1. The number of hydrogen-bond donors (Lipinski definition) is 1. The maximum Gasteiger partial charge on any atom is 0.251 e. The van der Waals surface area contributed by atoms with Gasteiger partial charge in [-0.15, -0.1) is 0 Å². The van der Waals surface area contributed by atoms with Crippen LogP contribution in [0.5, 0.6) is 0 Å². The van der Waals surface area contributed by atoms with Crippen molar-refractivity contribution < 1.29 is 9.53 Å². The van der Waals surface area contributed by atoms with Crippen LogP contribution in [-0.4, -0.2) is 34.7 Å². The zero-order chi connectivity index (χ0) is 17.2. The number of carbonyl (C=O) groups is 1. The SMILES string of the molecule is O=C(NCC1CCCO1)c1ccc2c(c1)ncn2-c1cccc(Cl)c1. The fourth-order valence-electron chi connectivity index (χ4n) is 3.10. The van der Waals surface area contributed by atoms with Crippen molar-refractivity contribution in [3.63, 3.8) is 0 Å². The lowest BCUT2D eigenvalue weighted by Gasteiger charge is -2.11. The highest BCUT2D eigenvalue weighted by Gasteiger charge is 2.17. The molecule has 0 aliphatic carbocycles. The molecule has 1 aromatic heterocycles. The van der Waals surface area contributed by atoms with Crippen molar-refractivity contribution in [3.8, 4) is 5.69 Å². The van der Waals surface area contributed by atoms with Crippen LogP contribution in [0.1, 0.15) is 23.2 Å². The van der Waals surface area contributed by atoms with Gasteiger partial charge in [-0.05, 0) is 49.2 Å². The van der Waals surface area contributed by atoms with Crippen LogP contribution in [0.15, 0.2) is 48.8 Å². The molecule has 5 nitrogen and oxygen atoms in total. The fraction of sp³-hybridized carbons (Fsp3) is 0.263. The van der Waals surface area contributed by atoms with Crippen LogP contribution in [-0.2, 0) is 4.74 Å². The van der Waals surface area contributed by atoms with Crippen molar-refractivity contribution in [1.82, 2.24) is 14.9 Å². The third-order valence-corrected chi connectivity index (χ3v) is 4.65. The van der Waals surface area contributed by atoms with E-state index in [1.807, 2.05) is 41.0 Å². The Morgan fingerprint density at radius 3 is 3.04 bits per heavy atom. The van der Waals surface area contributed by atoms with Crippen LogP contribution >= 0.6 is 11.6 Å². The van der Waals surface area contributed by atoms with Gasteiger partial charge in [0.05, 0.1) is 17.1 Å². The molecule has 25 heavy (non-hydrogen) atoms. The van der Waals surface area contributed by atoms with Gasteiger partial charge in [-0.25, -0.2) is 4.98 Å². The Morgan fingerprint density at radius 1 is 1.32 bits per heavy atom. The molecule has 1 saturated heterocycles. The molecule has 128 valence electrons. The topological polar surface area (TPSA) is 56.1 Å². The minimum atomic E-state index is -0.102. The molecule has 6 heteroatoms. The standard InChI is InChI=1S/C19H18ClN3O2/c20-14-3-1-4-15(10-14)23-12-22-17-9-13(6-7-18(17)23)19(24)21-11-16-5-2-8-25-16/h1,3-4,6-7,9-10,12,16H,2,5,8,11H2,(H,21,24). The maximum absolute atomic E-state index is 12.3. The number of benzene rings is 2. The summed E-state index contributed by atoms with van der Waals surface area (Å²) >= 11 is 6.07. The monoisotopic (exact) mass is 355 g/mol. The molecule has 1 atom stereocenters. The van der Waals surface area contributed by atoms with Crippen molar-refractivity contribution in [3.05, 3.63) is 59.4 Å². The predicted octanol–water partition coefficient (Wildman–Crippen LogP) is 3.59. The highest BCUT2D eigenvalue weighted by molar-refractivity contribution is 6.30. The van der Waals surface area contributed by atoms with Gasteiger partial charge >= 0.3 is 0 Å². The molecule has 2 heterocycles. The summed E-state index contributed by atoms with van der Waals surface area (Å²) in [6, 6.07) is 13.1. The molecule has 0 spiro atoms. The zero-order valence-electron chi connectivity index (χ0n) is 13.6. The molecular weight excluding hydrogens is 338 g/mol. The van der Waals surface area contributed by atoms with E-state index in [4.69, 9.17) is 16.3 Å². The minimum Gasteiger partial charge on any atom is -0.376 e. The van der Waals surface area contributed by atoms with E-state index in [-0.39, 0.29) is 12.0 Å². The molecule has 1 aliphatic rings. The van der Waals surface area contributed by atoms with Crippen LogP contribution in [0.25, 0.3) is 16.7 Å². The van der Waals surface area contributed by atoms with E-state index in [0.29, 0.717) is 17.1 Å². The summed E-state index contributed by atoms with van der Waals surface area (Å²) in [6.07, 6.45) is 3.94. The molecular formula is C19H18ClN3O2. The van der Waals surface area contributed by atoms with E-state index in [0.717, 1.165) is 36.2 Å². The first-order valence-electron chi connectivity index (χ1n) is 8.33. The number of amides is 1. The van der Waals surface area contributed by atoms with Gasteiger partial charge in [0.2, 0.25) is 0 Å². The number of carbonyl (C=O) groups excluding carboxylic acids is 1. The number of nitrogens with one attached hydrogen (secondary N) is 1. The average molecular weight is 356 g/mol. The second kappa shape index (κ2) is 6.86. The first-order valence-corrected chi connectivity index (χ1v) is 8.71. The number of nitrogens with zero attached hydrogens (tertiary/aromatic N) is 2. The normalized spacial score (nSPS) is 17.1. The predicted molar refractivity (Wildman–Crippen MR) is 97.4 cm³/mol. The van der Waals surface area contributed by atoms with Gasteiger partial charge in [-0.2, -0.15) is 0 Å². The Kier molecular flexibility index (Phi) is 4.42. The molecule has 4 rings (SSSR count).